The van der Waals surface area contributed by atoms with Gasteiger partial charge in [0, 0.05) is 29.4 Å². The van der Waals surface area contributed by atoms with Crippen LogP contribution in [0, 0.1) is 13.8 Å². The highest BCUT2D eigenvalue weighted by Gasteiger charge is 2.31. The Hall–Kier alpha value is -1.81. The van der Waals surface area contributed by atoms with Crippen LogP contribution < -0.4 is 5.32 Å². The van der Waals surface area contributed by atoms with Crippen LogP contribution in [-0.4, -0.2) is 15.3 Å². The molecule has 3 rings (SSSR count). The van der Waals surface area contributed by atoms with E-state index in [-0.39, 0.29) is 6.04 Å². The predicted molar refractivity (Wildman–Crippen MR) is 78.8 cm³/mol. The van der Waals surface area contributed by atoms with E-state index in [0.717, 1.165) is 24.2 Å². The number of hydrogen-bond donors (Lipinski definition) is 3. The van der Waals surface area contributed by atoms with Crippen molar-refractivity contribution in [3.63, 3.8) is 0 Å². The highest BCUT2D eigenvalue weighted by Crippen LogP contribution is 2.45. The van der Waals surface area contributed by atoms with Gasteiger partial charge in [0.1, 0.15) is 5.75 Å². The van der Waals surface area contributed by atoms with Gasteiger partial charge < -0.3 is 10.4 Å². The summed E-state index contributed by atoms with van der Waals surface area (Å²) >= 11 is 0. The van der Waals surface area contributed by atoms with Crippen molar-refractivity contribution < 1.29 is 5.11 Å². The van der Waals surface area contributed by atoms with Crippen molar-refractivity contribution in [3.05, 3.63) is 46.3 Å². The number of phenolic OH excluding ortho intramolecular Hbond substituents is 1. The van der Waals surface area contributed by atoms with Gasteiger partial charge in [-0.25, -0.2) is 0 Å². The number of nitrogens with zero attached hydrogens (tertiary/aromatic N) is 1. The van der Waals surface area contributed by atoms with Gasteiger partial charge in [-0.2, -0.15) is 5.10 Å². The van der Waals surface area contributed by atoms with E-state index in [1.807, 2.05) is 25.3 Å². The monoisotopic (exact) mass is 271 g/mol. The largest absolute Gasteiger partial charge is 0.508 e. The van der Waals surface area contributed by atoms with Crippen molar-refractivity contribution in [2.24, 2.45) is 0 Å². The zero-order chi connectivity index (χ0) is 14.3. The highest BCUT2D eigenvalue weighted by molar-refractivity contribution is 5.50. The molecule has 1 heterocycles. The van der Waals surface area contributed by atoms with E-state index >= 15 is 0 Å². The van der Waals surface area contributed by atoms with Gasteiger partial charge in [0.15, 0.2) is 0 Å². The lowest BCUT2D eigenvalue weighted by Crippen LogP contribution is -2.19. The lowest BCUT2D eigenvalue weighted by Gasteiger charge is -2.15. The van der Waals surface area contributed by atoms with E-state index < -0.39 is 0 Å². The van der Waals surface area contributed by atoms with E-state index in [1.165, 1.54) is 16.7 Å². The molecule has 1 aromatic heterocycles. The van der Waals surface area contributed by atoms with Gasteiger partial charge in [0.25, 0.3) is 0 Å². The smallest absolute Gasteiger partial charge is 0.120 e. The summed E-state index contributed by atoms with van der Waals surface area (Å²) < 4.78 is 0. The summed E-state index contributed by atoms with van der Waals surface area (Å²) in [6, 6.07) is 4.03. The van der Waals surface area contributed by atoms with Crippen LogP contribution >= 0.6 is 0 Å². The fraction of sp³-hybridized carbons (Fsp3) is 0.438. The molecule has 1 aromatic carbocycles. The van der Waals surface area contributed by atoms with Crippen LogP contribution in [0.25, 0.3) is 0 Å². The van der Waals surface area contributed by atoms with Crippen molar-refractivity contribution in [2.75, 3.05) is 0 Å². The molecular weight excluding hydrogens is 250 g/mol. The Bertz CT molecular complexity index is 633. The molecule has 0 spiro atoms. The lowest BCUT2D eigenvalue weighted by molar-refractivity contribution is 0.445. The minimum absolute atomic E-state index is 0.217. The molecule has 2 aromatic rings. The summed E-state index contributed by atoms with van der Waals surface area (Å²) in [6.07, 6.45) is 2.89. The first kappa shape index (κ1) is 13.2. The number of phenols is 1. The molecule has 2 atom stereocenters. The molecule has 4 heteroatoms. The molecule has 0 aliphatic heterocycles. The van der Waals surface area contributed by atoms with Crippen LogP contribution in [0.2, 0.25) is 0 Å². The molecule has 1 aliphatic carbocycles. The molecule has 0 fully saturated rings. The molecule has 3 N–H and O–H groups in total. The Kier molecular flexibility index (Phi) is 3.26. The molecule has 0 bridgehead atoms. The lowest BCUT2D eigenvalue weighted by atomic mass is 9.97. The average molecular weight is 271 g/mol. The summed E-state index contributed by atoms with van der Waals surface area (Å²) in [7, 11) is 0. The number of H-pyrrole nitrogens is 1. The second kappa shape index (κ2) is 4.94. The number of aryl methyl sites for hydroxylation is 2. The Labute approximate surface area is 119 Å². The highest BCUT2D eigenvalue weighted by atomic mass is 16.3. The van der Waals surface area contributed by atoms with Crippen LogP contribution in [-0.2, 0) is 6.54 Å². The topological polar surface area (TPSA) is 60.9 Å². The number of nitrogens with one attached hydrogen (secondary N) is 2. The normalized spacial score (nSPS) is 21.1. The van der Waals surface area contributed by atoms with E-state index in [1.54, 1.807) is 0 Å². The van der Waals surface area contributed by atoms with Crippen LogP contribution in [0.15, 0.2) is 18.3 Å². The number of aromatic nitrogens is 2. The number of rotatable bonds is 3. The molecule has 20 heavy (non-hydrogen) atoms. The van der Waals surface area contributed by atoms with Crippen molar-refractivity contribution >= 4 is 0 Å². The zero-order valence-corrected chi connectivity index (χ0v) is 12.2. The van der Waals surface area contributed by atoms with Gasteiger partial charge >= 0.3 is 0 Å². The number of aromatic amines is 1. The number of aromatic hydroxyl groups is 1. The fourth-order valence-corrected chi connectivity index (χ4v) is 3.32. The quantitative estimate of drug-likeness (QED) is 0.804. The first-order valence-corrected chi connectivity index (χ1v) is 7.12. The van der Waals surface area contributed by atoms with Gasteiger partial charge in [0.2, 0.25) is 0 Å². The third-order valence-electron chi connectivity index (χ3n) is 4.39. The minimum atomic E-state index is 0.217. The SMILES string of the molecule is Cc1ccc(O)c2c1C(C)CC2NCc1cn[nH]c1C. The first-order chi connectivity index (χ1) is 9.58. The Morgan fingerprint density at radius 1 is 1.35 bits per heavy atom. The van der Waals surface area contributed by atoms with Gasteiger partial charge in [-0.05, 0) is 43.4 Å². The zero-order valence-electron chi connectivity index (χ0n) is 12.2. The summed E-state index contributed by atoms with van der Waals surface area (Å²) in [4.78, 5) is 0. The van der Waals surface area contributed by atoms with Gasteiger partial charge in [-0.1, -0.05) is 13.0 Å². The first-order valence-electron chi connectivity index (χ1n) is 7.12. The molecule has 1 aliphatic rings. The average Bonchev–Trinajstić information content (AvgIpc) is 2.96. The Morgan fingerprint density at radius 2 is 2.15 bits per heavy atom. The molecule has 0 saturated carbocycles. The predicted octanol–water partition coefficient (Wildman–Crippen LogP) is 3.07. The second-order valence-corrected chi connectivity index (χ2v) is 5.82. The van der Waals surface area contributed by atoms with Crippen LogP contribution in [0.1, 0.15) is 53.3 Å². The third-order valence-corrected chi connectivity index (χ3v) is 4.39. The van der Waals surface area contributed by atoms with Crippen LogP contribution in [0.5, 0.6) is 5.75 Å². The maximum absolute atomic E-state index is 10.2. The van der Waals surface area contributed by atoms with Crippen LogP contribution in [0.3, 0.4) is 0 Å². The van der Waals surface area contributed by atoms with Crippen LogP contribution in [0.4, 0.5) is 0 Å². The van der Waals surface area contributed by atoms with E-state index in [2.05, 4.69) is 29.4 Å². The summed E-state index contributed by atoms with van der Waals surface area (Å²) in [5, 5.41) is 20.8. The molecule has 106 valence electrons. The maximum Gasteiger partial charge on any atom is 0.120 e. The van der Waals surface area contributed by atoms with E-state index in [9.17, 15) is 5.11 Å². The number of benzene rings is 1. The van der Waals surface area contributed by atoms with Crippen molar-refractivity contribution in [1.82, 2.24) is 15.5 Å². The molecule has 2 unspecified atom stereocenters. The summed E-state index contributed by atoms with van der Waals surface area (Å²) in [5.41, 5.74) is 5.94. The van der Waals surface area contributed by atoms with Crippen molar-refractivity contribution in [1.29, 1.82) is 0 Å². The van der Waals surface area contributed by atoms with Gasteiger partial charge in [-0.15, -0.1) is 0 Å². The van der Waals surface area contributed by atoms with Crippen molar-refractivity contribution in [3.8, 4) is 5.75 Å². The molecular formula is C16H21N3O. The van der Waals surface area contributed by atoms with E-state index in [4.69, 9.17) is 0 Å². The van der Waals surface area contributed by atoms with Gasteiger partial charge in [-0.3, -0.25) is 5.10 Å². The fourth-order valence-electron chi connectivity index (χ4n) is 3.32. The third kappa shape index (κ3) is 2.10. The Morgan fingerprint density at radius 3 is 2.85 bits per heavy atom. The summed E-state index contributed by atoms with van der Waals surface area (Å²) in [5.74, 6) is 0.899. The molecule has 0 radical (unpaired) electrons. The molecule has 4 nitrogen and oxygen atoms in total. The number of hydrogen-bond acceptors (Lipinski definition) is 3. The standard InChI is InChI=1S/C16H21N3O/c1-9-4-5-14(20)16-13(6-10(2)15(9)16)17-7-12-8-18-19-11(12)3/h4-5,8,10,13,17,20H,6-7H2,1-3H3,(H,18,19). The summed E-state index contributed by atoms with van der Waals surface area (Å²) in [6.45, 7) is 7.15. The van der Waals surface area contributed by atoms with Gasteiger partial charge in [0.05, 0.1) is 6.20 Å². The number of fused-ring (bicyclic) bond motifs is 1. The molecule has 0 amide bonds. The van der Waals surface area contributed by atoms with Crippen molar-refractivity contribution in [2.45, 2.75) is 45.7 Å². The second-order valence-electron chi connectivity index (χ2n) is 5.82. The molecule has 0 saturated heterocycles. The Balaban J connectivity index is 1.84. The maximum atomic E-state index is 10.2. The van der Waals surface area contributed by atoms with E-state index in [0.29, 0.717) is 11.7 Å². The minimum Gasteiger partial charge on any atom is -0.508 e.